The summed E-state index contributed by atoms with van der Waals surface area (Å²) in [6.45, 7) is 6.93. The van der Waals surface area contributed by atoms with Crippen molar-refractivity contribution in [2.45, 2.75) is 38.1 Å². The number of carbonyl (C=O) groups excluding carboxylic acids is 1. The monoisotopic (exact) mass is 306 g/mol. The Bertz CT molecular complexity index is 627. The summed E-state index contributed by atoms with van der Waals surface area (Å²) in [4.78, 5) is 14.9. The van der Waals surface area contributed by atoms with Gasteiger partial charge in [-0.3, -0.25) is 4.79 Å². The number of aryl methyl sites for hydroxylation is 1. The van der Waals surface area contributed by atoms with Crippen LogP contribution in [0.4, 0.5) is 0 Å². The molecule has 1 amide bonds. The zero-order valence-corrected chi connectivity index (χ0v) is 13.2. The first-order valence-electron chi connectivity index (χ1n) is 5.75. The molecular formula is C10H18N4O3S2. The molecule has 0 saturated heterocycles. The summed E-state index contributed by atoms with van der Waals surface area (Å²) < 4.78 is 27.9. The first-order valence-corrected chi connectivity index (χ1v) is 8.05. The molecule has 19 heavy (non-hydrogen) atoms. The molecule has 1 aromatic rings. The number of nitrogens with zero attached hydrogens (tertiary/aromatic N) is 3. The standard InChI is InChI=1S/C10H18N4O3S2/c1-6(2)7(3)13-19(16,17)10-12-14(5)9(18-10)11-8(4)15/h6-7,13H,1-5H3/b11-9+. The van der Waals surface area contributed by atoms with Crippen molar-refractivity contribution in [1.29, 1.82) is 0 Å². The van der Waals surface area contributed by atoms with E-state index in [-0.39, 0.29) is 21.1 Å². The van der Waals surface area contributed by atoms with Crippen LogP contribution in [0.3, 0.4) is 0 Å². The van der Waals surface area contributed by atoms with E-state index in [0.717, 1.165) is 11.3 Å². The molecule has 1 atom stereocenters. The molecule has 0 spiro atoms. The van der Waals surface area contributed by atoms with E-state index in [1.54, 1.807) is 14.0 Å². The summed E-state index contributed by atoms with van der Waals surface area (Å²) in [6.07, 6.45) is 0. The third kappa shape index (κ3) is 4.22. The molecule has 108 valence electrons. The quantitative estimate of drug-likeness (QED) is 0.863. The van der Waals surface area contributed by atoms with Crippen LogP contribution < -0.4 is 9.52 Å². The fraction of sp³-hybridized carbons (Fsp3) is 0.700. The van der Waals surface area contributed by atoms with Gasteiger partial charge in [-0.25, -0.2) is 17.8 Å². The van der Waals surface area contributed by atoms with E-state index < -0.39 is 15.9 Å². The van der Waals surface area contributed by atoms with E-state index in [0.29, 0.717) is 0 Å². The van der Waals surface area contributed by atoms with Crippen LogP contribution in [0, 0.1) is 5.92 Å². The molecule has 1 N–H and O–H groups in total. The van der Waals surface area contributed by atoms with Gasteiger partial charge in [0.15, 0.2) is 0 Å². The Morgan fingerprint density at radius 3 is 2.47 bits per heavy atom. The van der Waals surface area contributed by atoms with Gasteiger partial charge in [0, 0.05) is 20.0 Å². The van der Waals surface area contributed by atoms with Gasteiger partial charge in [-0.1, -0.05) is 25.2 Å². The van der Waals surface area contributed by atoms with Crippen LogP contribution in [0.5, 0.6) is 0 Å². The van der Waals surface area contributed by atoms with Crippen molar-refractivity contribution in [2.24, 2.45) is 18.0 Å². The molecule has 0 aliphatic carbocycles. The molecule has 0 fully saturated rings. The summed E-state index contributed by atoms with van der Waals surface area (Å²) in [5, 5.41) is 3.89. The maximum atomic E-state index is 12.1. The Hall–Kier alpha value is -1.06. The Labute approximate surface area is 116 Å². The smallest absolute Gasteiger partial charge is 0.270 e. The highest BCUT2D eigenvalue weighted by Gasteiger charge is 2.23. The number of amides is 1. The molecule has 1 heterocycles. The second kappa shape index (κ2) is 5.93. The lowest BCUT2D eigenvalue weighted by Crippen LogP contribution is -2.36. The van der Waals surface area contributed by atoms with Gasteiger partial charge in [0.25, 0.3) is 10.0 Å². The summed E-state index contributed by atoms with van der Waals surface area (Å²) in [5.74, 6) is -0.225. The second-order valence-corrected chi connectivity index (χ2v) is 7.40. The van der Waals surface area contributed by atoms with Gasteiger partial charge < -0.3 is 0 Å². The fourth-order valence-electron chi connectivity index (χ4n) is 1.10. The summed E-state index contributed by atoms with van der Waals surface area (Å²) in [6, 6.07) is -0.201. The molecule has 1 unspecified atom stereocenters. The van der Waals surface area contributed by atoms with Crippen LogP contribution in [0.1, 0.15) is 27.7 Å². The van der Waals surface area contributed by atoms with Crippen molar-refractivity contribution in [3.63, 3.8) is 0 Å². The topological polar surface area (TPSA) is 93.4 Å². The highest BCUT2D eigenvalue weighted by molar-refractivity contribution is 7.91. The van der Waals surface area contributed by atoms with E-state index in [1.807, 2.05) is 13.8 Å². The lowest BCUT2D eigenvalue weighted by Gasteiger charge is -2.15. The minimum atomic E-state index is -3.68. The Morgan fingerprint density at radius 1 is 1.42 bits per heavy atom. The van der Waals surface area contributed by atoms with E-state index in [9.17, 15) is 13.2 Å². The first kappa shape index (κ1) is 16.0. The minimum absolute atomic E-state index is 0.0949. The number of hydrogen-bond donors (Lipinski definition) is 1. The van der Waals surface area contributed by atoms with Crippen LogP contribution in [0.15, 0.2) is 9.33 Å². The van der Waals surface area contributed by atoms with Crippen molar-refractivity contribution in [3.8, 4) is 0 Å². The molecule has 0 radical (unpaired) electrons. The van der Waals surface area contributed by atoms with E-state index >= 15 is 0 Å². The predicted octanol–water partition coefficient (Wildman–Crippen LogP) is 0.252. The van der Waals surface area contributed by atoms with Gasteiger partial charge in [0.1, 0.15) is 0 Å². The summed E-state index contributed by atoms with van der Waals surface area (Å²) in [5.41, 5.74) is 0. The average molecular weight is 306 g/mol. The zero-order chi connectivity index (χ0) is 14.8. The highest BCUT2D eigenvalue weighted by Crippen LogP contribution is 2.11. The number of carbonyl (C=O) groups is 1. The average Bonchev–Trinajstić information content (AvgIpc) is 2.59. The third-order valence-corrected chi connectivity index (χ3v) is 5.44. The lowest BCUT2D eigenvalue weighted by molar-refractivity contribution is -0.116. The molecule has 0 aliphatic rings. The van der Waals surface area contributed by atoms with Gasteiger partial charge in [0.2, 0.25) is 15.0 Å². The van der Waals surface area contributed by atoms with Crippen molar-refractivity contribution < 1.29 is 13.2 Å². The van der Waals surface area contributed by atoms with Crippen LogP contribution in [0.2, 0.25) is 0 Å². The van der Waals surface area contributed by atoms with Crippen molar-refractivity contribution in [3.05, 3.63) is 4.80 Å². The number of sulfonamides is 1. The lowest BCUT2D eigenvalue weighted by atomic mass is 10.1. The fourth-order valence-corrected chi connectivity index (χ4v) is 3.67. The zero-order valence-electron chi connectivity index (χ0n) is 11.5. The minimum Gasteiger partial charge on any atom is -0.273 e. The molecule has 7 nitrogen and oxygen atoms in total. The number of aromatic nitrogens is 2. The molecule has 0 aliphatic heterocycles. The molecular weight excluding hydrogens is 288 g/mol. The SMILES string of the molecule is CC(=O)/N=c1/sc(S(=O)(=O)NC(C)C(C)C)nn1C. The Morgan fingerprint density at radius 2 is 2.00 bits per heavy atom. The maximum Gasteiger partial charge on any atom is 0.270 e. The molecule has 1 rings (SSSR count). The van der Waals surface area contributed by atoms with E-state index in [4.69, 9.17) is 0 Å². The highest BCUT2D eigenvalue weighted by atomic mass is 32.2. The normalized spacial score (nSPS) is 14.9. The molecule has 0 saturated carbocycles. The van der Waals surface area contributed by atoms with Gasteiger partial charge in [-0.15, -0.1) is 5.10 Å². The largest absolute Gasteiger partial charge is 0.273 e. The predicted molar refractivity (Wildman–Crippen MR) is 72.0 cm³/mol. The molecule has 9 heteroatoms. The van der Waals surface area contributed by atoms with Crippen molar-refractivity contribution >= 4 is 27.3 Å². The summed E-state index contributed by atoms with van der Waals surface area (Å²) >= 11 is 0.862. The maximum absolute atomic E-state index is 12.1. The van der Waals surface area contributed by atoms with Gasteiger partial charge >= 0.3 is 0 Å². The van der Waals surface area contributed by atoms with Gasteiger partial charge in [-0.2, -0.15) is 4.99 Å². The number of nitrogens with one attached hydrogen (secondary N) is 1. The Balaban J connectivity index is 3.14. The second-order valence-electron chi connectivity index (χ2n) is 4.56. The van der Waals surface area contributed by atoms with Gasteiger partial charge in [0.05, 0.1) is 0 Å². The van der Waals surface area contributed by atoms with E-state index in [2.05, 4.69) is 14.8 Å². The molecule has 1 aromatic heterocycles. The number of rotatable bonds is 4. The summed E-state index contributed by atoms with van der Waals surface area (Å²) in [7, 11) is -2.13. The molecule has 0 aromatic carbocycles. The van der Waals surface area contributed by atoms with Crippen LogP contribution >= 0.6 is 11.3 Å². The van der Waals surface area contributed by atoms with Crippen molar-refractivity contribution in [2.75, 3.05) is 0 Å². The van der Waals surface area contributed by atoms with Gasteiger partial charge in [-0.05, 0) is 12.8 Å². The van der Waals surface area contributed by atoms with E-state index in [1.165, 1.54) is 11.6 Å². The van der Waals surface area contributed by atoms with Crippen LogP contribution in [-0.4, -0.2) is 30.1 Å². The van der Waals surface area contributed by atoms with Crippen molar-refractivity contribution in [1.82, 2.24) is 14.5 Å². The Kier molecular flexibility index (Phi) is 4.99. The van der Waals surface area contributed by atoms with Crippen LogP contribution in [-0.2, 0) is 21.9 Å². The molecule has 0 bridgehead atoms. The number of hydrogen-bond acceptors (Lipinski definition) is 5. The van der Waals surface area contributed by atoms with Crippen LogP contribution in [0.25, 0.3) is 0 Å². The first-order chi connectivity index (χ1) is 8.63. The third-order valence-electron chi connectivity index (χ3n) is 2.51.